The van der Waals surface area contributed by atoms with E-state index in [2.05, 4.69) is 15.9 Å². The Labute approximate surface area is 117 Å². The summed E-state index contributed by atoms with van der Waals surface area (Å²) >= 11 is 3.47. The van der Waals surface area contributed by atoms with E-state index in [0.717, 1.165) is 15.6 Å². The van der Waals surface area contributed by atoms with E-state index in [0.29, 0.717) is 0 Å². The van der Waals surface area contributed by atoms with Gasteiger partial charge in [-0.1, -0.05) is 28.1 Å². The first-order chi connectivity index (χ1) is 8.19. The minimum absolute atomic E-state index is 0.179. The summed E-state index contributed by atoms with van der Waals surface area (Å²) in [6, 6.07) is 5.56. The number of hydrogen-bond acceptors (Lipinski definition) is 3. The molecular weight excluding hydrogens is 294 g/mol. The van der Waals surface area contributed by atoms with Crippen LogP contribution in [-0.2, 0) is 9.53 Å². The third-order valence-corrected chi connectivity index (χ3v) is 3.05. The zero-order valence-electron chi connectivity index (χ0n) is 11.3. The van der Waals surface area contributed by atoms with E-state index in [-0.39, 0.29) is 18.4 Å². The van der Waals surface area contributed by atoms with Gasteiger partial charge in [0.2, 0.25) is 0 Å². The normalized spacial score (nSPS) is 13.2. The Kier molecular flexibility index (Phi) is 4.93. The molecule has 18 heavy (non-hydrogen) atoms. The van der Waals surface area contributed by atoms with Crippen molar-refractivity contribution in [2.75, 3.05) is 0 Å². The molecule has 1 unspecified atom stereocenters. The van der Waals surface area contributed by atoms with Crippen molar-refractivity contribution in [3.63, 3.8) is 0 Å². The van der Waals surface area contributed by atoms with Crippen LogP contribution in [0.2, 0.25) is 0 Å². The second-order valence-corrected chi connectivity index (χ2v) is 6.28. The molecule has 1 aromatic carbocycles. The van der Waals surface area contributed by atoms with Crippen LogP contribution in [0, 0.1) is 6.92 Å². The molecule has 1 aromatic rings. The highest BCUT2D eigenvalue weighted by atomic mass is 79.9. The molecule has 0 aliphatic carbocycles. The van der Waals surface area contributed by atoms with Crippen molar-refractivity contribution in [1.82, 2.24) is 0 Å². The highest BCUT2D eigenvalue weighted by Gasteiger charge is 2.20. The van der Waals surface area contributed by atoms with Crippen molar-refractivity contribution in [2.45, 2.75) is 45.8 Å². The summed E-state index contributed by atoms with van der Waals surface area (Å²) < 4.78 is 6.19. The summed E-state index contributed by atoms with van der Waals surface area (Å²) in [5.41, 5.74) is 7.63. The third-order valence-electron chi connectivity index (χ3n) is 2.36. The molecule has 1 rings (SSSR count). The van der Waals surface area contributed by atoms with E-state index in [4.69, 9.17) is 10.5 Å². The van der Waals surface area contributed by atoms with Gasteiger partial charge >= 0.3 is 5.97 Å². The van der Waals surface area contributed by atoms with Crippen molar-refractivity contribution in [3.05, 3.63) is 33.8 Å². The number of esters is 1. The quantitative estimate of drug-likeness (QED) is 0.869. The second kappa shape index (κ2) is 5.85. The highest BCUT2D eigenvalue weighted by molar-refractivity contribution is 9.10. The first kappa shape index (κ1) is 15.2. The molecule has 0 saturated carbocycles. The van der Waals surface area contributed by atoms with Crippen LogP contribution in [-0.4, -0.2) is 11.6 Å². The van der Waals surface area contributed by atoms with E-state index >= 15 is 0 Å². The average Bonchev–Trinajstić information content (AvgIpc) is 2.13. The Morgan fingerprint density at radius 1 is 1.44 bits per heavy atom. The molecule has 0 spiro atoms. The molecule has 0 radical (unpaired) electrons. The fraction of sp³-hybridized carbons (Fsp3) is 0.500. The van der Waals surface area contributed by atoms with Crippen molar-refractivity contribution in [2.24, 2.45) is 5.73 Å². The van der Waals surface area contributed by atoms with Crippen LogP contribution in [0.4, 0.5) is 0 Å². The molecule has 4 heteroatoms. The van der Waals surface area contributed by atoms with Crippen LogP contribution in [0.15, 0.2) is 22.7 Å². The van der Waals surface area contributed by atoms with E-state index in [1.165, 1.54) is 0 Å². The number of carbonyl (C=O) groups is 1. The lowest BCUT2D eigenvalue weighted by Crippen LogP contribution is -2.26. The molecule has 0 aliphatic heterocycles. The zero-order chi connectivity index (χ0) is 13.9. The van der Waals surface area contributed by atoms with E-state index < -0.39 is 5.60 Å². The number of halogens is 1. The lowest BCUT2D eigenvalue weighted by molar-refractivity contribution is -0.155. The molecular formula is C14H20BrNO2. The number of rotatable bonds is 3. The fourth-order valence-electron chi connectivity index (χ4n) is 1.61. The minimum Gasteiger partial charge on any atom is -0.460 e. The van der Waals surface area contributed by atoms with Crippen molar-refractivity contribution < 1.29 is 9.53 Å². The third kappa shape index (κ3) is 4.78. The molecule has 3 nitrogen and oxygen atoms in total. The Morgan fingerprint density at radius 2 is 2.06 bits per heavy atom. The summed E-state index contributed by atoms with van der Waals surface area (Å²) in [5.74, 6) is -0.275. The number of benzene rings is 1. The smallest absolute Gasteiger partial charge is 0.308 e. The Morgan fingerprint density at radius 3 is 2.56 bits per heavy atom. The van der Waals surface area contributed by atoms with Gasteiger partial charge in [0.25, 0.3) is 0 Å². The Bertz CT molecular complexity index is 438. The van der Waals surface area contributed by atoms with Gasteiger partial charge in [0.1, 0.15) is 5.60 Å². The van der Waals surface area contributed by atoms with Crippen LogP contribution in [0.5, 0.6) is 0 Å². The maximum Gasteiger partial charge on any atom is 0.308 e. The molecule has 1 atom stereocenters. The van der Waals surface area contributed by atoms with Crippen LogP contribution in [0.1, 0.15) is 44.4 Å². The number of ether oxygens (including phenoxy) is 1. The molecule has 2 N–H and O–H groups in total. The summed E-state index contributed by atoms with van der Waals surface area (Å²) in [7, 11) is 0. The van der Waals surface area contributed by atoms with Gasteiger partial charge < -0.3 is 10.5 Å². The maximum absolute atomic E-state index is 11.7. The van der Waals surface area contributed by atoms with Gasteiger partial charge in [0.15, 0.2) is 0 Å². The summed E-state index contributed by atoms with van der Waals surface area (Å²) in [4.78, 5) is 11.7. The number of nitrogens with two attached hydrogens (primary N) is 1. The lowest BCUT2D eigenvalue weighted by Gasteiger charge is -2.21. The van der Waals surface area contributed by atoms with Crippen LogP contribution < -0.4 is 5.73 Å². The van der Waals surface area contributed by atoms with E-state index in [1.807, 2.05) is 45.9 Å². The van der Waals surface area contributed by atoms with Crippen molar-refractivity contribution in [1.29, 1.82) is 0 Å². The van der Waals surface area contributed by atoms with Gasteiger partial charge in [-0.2, -0.15) is 0 Å². The summed E-state index contributed by atoms with van der Waals surface area (Å²) in [5, 5.41) is 0. The molecule has 0 heterocycles. The molecule has 0 saturated heterocycles. The average molecular weight is 314 g/mol. The summed E-state index contributed by atoms with van der Waals surface area (Å²) in [6.45, 7) is 7.54. The predicted octanol–water partition coefficient (Wildman–Crippen LogP) is 3.49. The molecule has 0 aliphatic rings. The SMILES string of the molecule is Cc1ccc(C(N)CC(=O)OC(C)(C)C)c(Br)c1. The molecule has 0 bridgehead atoms. The van der Waals surface area contributed by atoms with Crippen LogP contribution in [0.25, 0.3) is 0 Å². The van der Waals surface area contributed by atoms with Gasteiger partial charge in [-0.05, 0) is 44.9 Å². The first-order valence-corrected chi connectivity index (χ1v) is 6.72. The Hall–Kier alpha value is -0.870. The number of carbonyl (C=O) groups excluding carboxylic acids is 1. The van der Waals surface area contributed by atoms with E-state index in [1.54, 1.807) is 0 Å². The number of aryl methyl sites for hydroxylation is 1. The standard InChI is InChI=1S/C14H20BrNO2/c1-9-5-6-10(11(15)7-9)12(16)8-13(17)18-14(2,3)4/h5-7,12H,8,16H2,1-4H3. The van der Waals surface area contributed by atoms with Gasteiger partial charge in [-0.3, -0.25) is 4.79 Å². The minimum atomic E-state index is -0.471. The second-order valence-electron chi connectivity index (χ2n) is 5.42. The lowest BCUT2D eigenvalue weighted by atomic mass is 10.0. The topological polar surface area (TPSA) is 52.3 Å². The van der Waals surface area contributed by atoms with Crippen molar-refractivity contribution in [3.8, 4) is 0 Å². The van der Waals surface area contributed by atoms with Gasteiger partial charge in [-0.25, -0.2) is 0 Å². The van der Waals surface area contributed by atoms with Gasteiger partial charge in [0.05, 0.1) is 6.42 Å². The summed E-state index contributed by atoms with van der Waals surface area (Å²) in [6.07, 6.45) is 0.179. The molecule has 100 valence electrons. The van der Waals surface area contributed by atoms with Gasteiger partial charge in [0, 0.05) is 10.5 Å². The predicted molar refractivity (Wildman–Crippen MR) is 76.3 cm³/mol. The monoisotopic (exact) mass is 313 g/mol. The van der Waals surface area contributed by atoms with Crippen molar-refractivity contribution >= 4 is 21.9 Å². The largest absolute Gasteiger partial charge is 0.460 e. The number of hydrogen-bond donors (Lipinski definition) is 1. The highest BCUT2D eigenvalue weighted by Crippen LogP contribution is 2.25. The molecule has 0 fully saturated rings. The zero-order valence-corrected chi connectivity index (χ0v) is 12.9. The first-order valence-electron chi connectivity index (χ1n) is 5.92. The molecule has 0 aromatic heterocycles. The molecule has 0 amide bonds. The Balaban J connectivity index is 2.71. The van der Waals surface area contributed by atoms with E-state index in [9.17, 15) is 4.79 Å². The van der Waals surface area contributed by atoms with Crippen LogP contribution in [0.3, 0.4) is 0 Å². The maximum atomic E-state index is 11.7. The van der Waals surface area contributed by atoms with Crippen LogP contribution >= 0.6 is 15.9 Å². The van der Waals surface area contributed by atoms with Gasteiger partial charge in [-0.15, -0.1) is 0 Å². The fourth-order valence-corrected chi connectivity index (χ4v) is 2.39.